The molecule has 1 aromatic rings. The van der Waals surface area contributed by atoms with Crippen LogP contribution in [0.5, 0.6) is 0 Å². The van der Waals surface area contributed by atoms with Crippen LogP contribution in [0, 0.1) is 6.92 Å². The van der Waals surface area contributed by atoms with Gasteiger partial charge in [-0.3, -0.25) is 9.48 Å². The van der Waals surface area contributed by atoms with Gasteiger partial charge < -0.3 is 5.11 Å². The number of nitrogens with zero attached hydrogens (tertiary/aromatic N) is 2. The lowest BCUT2D eigenvalue weighted by molar-refractivity contribution is -0.137. The van der Waals surface area contributed by atoms with Gasteiger partial charge in [0.2, 0.25) is 0 Å². The van der Waals surface area contributed by atoms with Crippen LogP contribution in [0.3, 0.4) is 0 Å². The van der Waals surface area contributed by atoms with E-state index >= 15 is 0 Å². The second-order valence-electron chi connectivity index (χ2n) is 2.49. The lowest BCUT2D eigenvalue weighted by Crippen LogP contribution is -2.05. The molecule has 1 N–H and O–H groups in total. The van der Waals surface area contributed by atoms with Crippen molar-refractivity contribution in [3.63, 3.8) is 0 Å². The van der Waals surface area contributed by atoms with E-state index in [0.29, 0.717) is 11.7 Å². The van der Waals surface area contributed by atoms with Crippen LogP contribution in [0.25, 0.3) is 0 Å². The summed E-state index contributed by atoms with van der Waals surface area (Å²) in [5.41, 5.74) is 0.863. The Morgan fingerprint density at radius 2 is 2.50 bits per heavy atom. The van der Waals surface area contributed by atoms with Crippen molar-refractivity contribution < 1.29 is 9.90 Å². The maximum Gasteiger partial charge on any atom is 0.305 e. The summed E-state index contributed by atoms with van der Waals surface area (Å²) in [4.78, 5) is 10.2. The summed E-state index contributed by atoms with van der Waals surface area (Å²) < 4.78 is 1.48. The van der Waals surface area contributed by atoms with Crippen LogP contribution in [0.4, 0.5) is 0 Å². The van der Waals surface area contributed by atoms with Crippen molar-refractivity contribution in [1.82, 2.24) is 9.78 Å². The minimum absolute atomic E-state index is 0.0425. The quantitative estimate of drug-likeness (QED) is 0.779. The van der Waals surface area contributed by atoms with Gasteiger partial charge in [0, 0.05) is 5.56 Å². The van der Waals surface area contributed by atoms with Crippen LogP contribution in [0.2, 0.25) is 5.15 Å². The average molecular weight is 189 g/mol. The minimum Gasteiger partial charge on any atom is -0.481 e. The standard InChI is InChI=1S/C7H9ClN2O2/c1-5-4-9-10(7(5)8)3-2-6(11)12/h4H,2-3H2,1H3,(H,11,12). The molecule has 0 aliphatic carbocycles. The third-order valence-electron chi connectivity index (χ3n) is 1.48. The number of carboxylic acid groups (broad SMARTS) is 1. The van der Waals surface area contributed by atoms with Gasteiger partial charge in [-0.05, 0) is 6.92 Å². The van der Waals surface area contributed by atoms with E-state index in [0.717, 1.165) is 5.56 Å². The number of hydrogen-bond donors (Lipinski definition) is 1. The van der Waals surface area contributed by atoms with E-state index in [1.807, 2.05) is 6.92 Å². The molecule has 0 spiro atoms. The number of aliphatic carboxylic acids is 1. The Kier molecular flexibility index (Phi) is 2.70. The summed E-state index contributed by atoms with van der Waals surface area (Å²) in [5.74, 6) is -0.848. The third-order valence-corrected chi connectivity index (χ3v) is 1.97. The highest BCUT2D eigenvalue weighted by atomic mass is 35.5. The van der Waals surface area contributed by atoms with Gasteiger partial charge in [0.1, 0.15) is 5.15 Å². The zero-order valence-corrected chi connectivity index (χ0v) is 7.38. The van der Waals surface area contributed by atoms with Gasteiger partial charge in [-0.25, -0.2) is 0 Å². The highest BCUT2D eigenvalue weighted by Crippen LogP contribution is 2.13. The second kappa shape index (κ2) is 3.58. The van der Waals surface area contributed by atoms with Crippen molar-refractivity contribution in [2.75, 3.05) is 0 Å². The third kappa shape index (κ3) is 1.98. The fourth-order valence-corrected chi connectivity index (χ4v) is 0.998. The Bertz CT molecular complexity index is 296. The zero-order valence-electron chi connectivity index (χ0n) is 6.62. The van der Waals surface area contributed by atoms with E-state index in [1.54, 1.807) is 6.20 Å². The van der Waals surface area contributed by atoms with E-state index in [4.69, 9.17) is 16.7 Å². The molecule has 0 atom stereocenters. The number of carboxylic acids is 1. The van der Waals surface area contributed by atoms with Crippen LogP contribution in [0.1, 0.15) is 12.0 Å². The van der Waals surface area contributed by atoms with Crippen LogP contribution in [-0.4, -0.2) is 20.9 Å². The fraction of sp³-hybridized carbons (Fsp3) is 0.429. The highest BCUT2D eigenvalue weighted by molar-refractivity contribution is 6.30. The molecular formula is C7H9ClN2O2. The van der Waals surface area contributed by atoms with Crippen LogP contribution < -0.4 is 0 Å². The minimum atomic E-state index is -0.848. The first-order valence-corrected chi connectivity index (χ1v) is 3.88. The molecule has 0 aliphatic rings. The Labute approximate surface area is 74.8 Å². The summed E-state index contributed by atoms with van der Waals surface area (Å²) in [5, 5.41) is 12.8. The van der Waals surface area contributed by atoms with Gasteiger partial charge in [0.05, 0.1) is 19.2 Å². The molecule has 5 heteroatoms. The molecule has 0 unspecified atom stereocenters. The van der Waals surface area contributed by atoms with Gasteiger partial charge >= 0.3 is 5.97 Å². The first-order valence-electron chi connectivity index (χ1n) is 3.51. The SMILES string of the molecule is Cc1cnn(CCC(=O)O)c1Cl. The lowest BCUT2D eigenvalue weighted by Gasteiger charge is -1.99. The number of aryl methyl sites for hydroxylation is 2. The van der Waals surface area contributed by atoms with Gasteiger partial charge in [0.15, 0.2) is 0 Å². The molecule has 0 fully saturated rings. The van der Waals surface area contributed by atoms with Crippen LogP contribution in [-0.2, 0) is 11.3 Å². The smallest absolute Gasteiger partial charge is 0.305 e. The number of hydrogen-bond acceptors (Lipinski definition) is 2. The summed E-state index contributed by atoms with van der Waals surface area (Å²) in [7, 11) is 0. The molecule has 0 aliphatic heterocycles. The molecule has 12 heavy (non-hydrogen) atoms. The predicted molar refractivity (Wildman–Crippen MR) is 44.2 cm³/mol. The van der Waals surface area contributed by atoms with Gasteiger partial charge in [-0.1, -0.05) is 11.6 Å². The van der Waals surface area contributed by atoms with Crippen molar-refractivity contribution in [2.45, 2.75) is 19.9 Å². The monoisotopic (exact) mass is 188 g/mol. The van der Waals surface area contributed by atoms with Gasteiger partial charge in [0.25, 0.3) is 0 Å². The summed E-state index contributed by atoms with van der Waals surface area (Å²) in [6.45, 7) is 2.15. The van der Waals surface area contributed by atoms with Crippen molar-refractivity contribution in [3.8, 4) is 0 Å². The molecule has 0 aromatic carbocycles. The highest BCUT2D eigenvalue weighted by Gasteiger charge is 2.05. The Morgan fingerprint density at radius 1 is 1.83 bits per heavy atom. The zero-order chi connectivity index (χ0) is 9.14. The summed E-state index contributed by atoms with van der Waals surface area (Å²) in [6.07, 6.45) is 1.66. The first-order chi connectivity index (χ1) is 5.61. The van der Waals surface area contributed by atoms with E-state index < -0.39 is 5.97 Å². The number of halogens is 1. The van der Waals surface area contributed by atoms with Crippen molar-refractivity contribution in [2.24, 2.45) is 0 Å². The molecule has 1 rings (SSSR count). The van der Waals surface area contributed by atoms with E-state index in [2.05, 4.69) is 5.10 Å². The fourth-order valence-electron chi connectivity index (χ4n) is 0.821. The topological polar surface area (TPSA) is 55.1 Å². The summed E-state index contributed by atoms with van der Waals surface area (Å²) in [6, 6.07) is 0. The largest absolute Gasteiger partial charge is 0.481 e. The van der Waals surface area contributed by atoms with Crippen molar-refractivity contribution >= 4 is 17.6 Å². The molecule has 66 valence electrons. The number of carbonyl (C=O) groups is 1. The average Bonchev–Trinajstić information content (AvgIpc) is 2.30. The molecule has 0 saturated heterocycles. The molecular weight excluding hydrogens is 180 g/mol. The molecule has 1 aromatic heterocycles. The van der Waals surface area contributed by atoms with Crippen molar-refractivity contribution in [3.05, 3.63) is 16.9 Å². The normalized spacial score (nSPS) is 10.2. The molecule has 1 heterocycles. The van der Waals surface area contributed by atoms with E-state index in [-0.39, 0.29) is 6.42 Å². The predicted octanol–water partition coefficient (Wildman–Crippen LogP) is 1.32. The molecule has 0 amide bonds. The Balaban J connectivity index is 2.63. The van der Waals surface area contributed by atoms with Crippen LogP contribution in [0.15, 0.2) is 6.20 Å². The first kappa shape index (κ1) is 9.06. The Hall–Kier alpha value is -1.03. The van der Waals surface area contributed by atoms with E-state index in [9.17, 15) is 4.79 Å². The van der Waals surface area contributed by atoms with Crippen molar-refractivity contribution in [1.29, 1.82) is 0 Å². The van der Waals surface area contributed by atoms with Gasteiger partial charge in [-0.2, -0.15) is 5.10 Å². The maximum atomic E-state index is 10.2. The number of rotatable bonds is 3. The summed E-state index contributed by atoms with van der Waals surface area (Å²) >= 11 is 5.80. The second-order valence-corrected chi connectivity index (χ2v) is 2.84. The molecule has 0 saturated carbocycles. The van der Waals surface area contributed by atoms with Gasteiger partial charge in [-0.15, -0.1) is 0 Å². The van der Waals surface area contributed by atoms with E-state index in [1.165, 1.54) is 4.68 Å². The lowest BCUT2D eigenvalue weighted by atomic mass is 10.4. The molecule has 4 nitrogen and oxygen atoms in total. The number of aromatic nitrogens is 2. The maximum absolute atomic E-state index is 10.2. The molecule has 0 bridgehead atoms. The van der Waals surface area contributed by atoms with Crippen LogP contribution >= 0.6 is 11.6 Å². The molecule has 0 radical (unpaired) electrons. The Morgan fingerprint density at radius 3 is 2.92 bits per heavy atom.